The van der Waals surface area contributed by atoms with Crippen LogP contribution in [0.1, 0.15) is 36.8 Å². The quantitative estimate of drug-likeness (QED) is 0.829. The first-order valence-electron chi connectivity index (χ1n) is 9.09. The van der Waals surface area contributed by atoms with Crippen molar-refractivity contribution in [1.82, 2.24) is 10.3 Å². The number of amides is 1. The number of nitrogens with one attached hydrogen (secondary N) is 1. The smallest absolute Gasteiger partial charge is 0.230 e. The summed E-state index contributed by atoms with van der Waals surface area (Å²) in [4.78, 5) is 17.2. The van der Waals surface area contributed by atoms with Crippen LogP contribution in [-0.4, -0.2) is 31.7 Å². The number of carbonyl (C=O) groups excluding carboxylic acids is 1. The molecule has 1 amide bonds. The minimum absolute atomic E-state index is 0.103. The highest BCUT2D eigenvalue weighted by Gasteiger charge is 2.42. The Morgan fingerprint density at radius 2 is 1.92 bits per heavy atom. The summed E-state index contributed by atoms with van der Waals surface area (Å²) in [6.07, 6.45) is 8.22. The lowest BCUT2D eigenvalue weighted by atomic mass is 9.77. The van der Waals surface area contributed by atoms with Gasteiger partial charge in [0.1, 0.15) is 0 Å². The van der Waals surface area contributed by atoms with Gasteiger partial charge < -0.3 is 14.8 Å². The van der Waals surface area contributed by atoms with Crippen molar-refractivity contribution >= 4 is 5.91 Å². The van der Waals surface area contributed by atoms with Crippen molar-refractivity contribution in [3.8, 4) is 11.5 Å². The van der Waals surface area contributed by atoms with Gasteiger partial charge in [-0.05, 0) is 48.6 Å². The van der Waals surface area contributed by atoms with Crippen LogP contribution in [0.5, 0.6) is 11.5 Å². The van der Waals surface area contributed by atoms with Crippen LogP contribution in [0.25, 0.3) is 0 Å². The van der Waals surface area contributed by atoms with Crippen molar-refractivity contribution in [2.45, 2.75) is 37.5 Å². The molecular formula is C21H26N2O3. The summed E-state index contributed by atoms with van der Waals surface area (Å²) in [5.41, 5.74) is 1.65. The number of carbonyl (C=O) groups is 1. The Balaban J connectivity index is 1.76. The Kier molecular flexibility index (Phi) is 5.76. The molecule has 0 radical (unpaired) electrons. The minimum Gasteiger partial charge on any atom is -0.493 e. The number of hydrogen-bond acceptors (Lipinski definition) is 4. The molecule has 0 aliphatic heterocycles. The largest absolute Gasteiger partial charge is 0.493 e. The third-order valence-electron chi connectivity index (χ3n) is 5.25. The minimum atomic E-state index is -0.478. The summed E-state index contributed by atoms with van der Waals surface area (Å²) in [5.74, 6) is 1.45. The number of rotatable bonds is 7. The van der Waals surface area contributed by atoms with Crippen LogP contribution in [0, 0.1) is 0 Å². The first kappa shape index (κ1) is 18.2. The third kappa shape index (κ3) is 3.66. The Morgan fingerprint density at radius 1 is 1.15 bits per heavy atom. The molecule has 0 bridgehead atoms. The lowest BCUT2D eigenvalue weighted by Gasteiger charge is -2.29. The molecule has 3 rings (SSSR count). The molecule has 2 aromatic rings. The van der Waals surface area contributed by atoms with E-state index in [0.29, 0.717) is 18.0 Å². The molecule has 5 heteroatoms. The van der Waals surface area contributed by atoms with Crippen molar-refractivity contribution in [3.05, 3.63) is 53.9 Å². The maximum absolute atomic E-state index is 13.1. The Morgan fingerprint density at radius 3 is 2.58 bits per heavy atom. The topological polar surface area (TPSA) is 60.5 Å². The monoisotopic (exact) mass is 354 g/mol. The van der Waals surface area contributed by atoms with Gasteiger partial charge >= 0.3 is 0 Å². The van der Waals surface area contributed by atoms with E-state index in [1.54, 1.807) is 20.4 Å². The summed E-state index contributed by atoms with van der Waals surface area (Å²) in [7, 11) is 3.24. The van der Waals surface area contributed by atoms with E-state index in [9.17, 15) is 4.79 Å². The third-order valence-corrected chi connectivity index (χ3v) is 5.25. The van der Waals surface area contributed by atoms with E-state index in [1.165, 1.54) is 0 Å². The fourth-order valence-corrected chi connectivity index (χ4v) is 3.79. The zero-order chi connectivity index (χ0) is 18.4. The van der Waals surface area contributed by atoms with E-state index in [2.05, 4.69) is 10.3 Å². The molecular weight excluding hydrogens is 328 g/mol. The average Bonchev–Trinajstić information content (AvgIpc) is 3.19. The van der Waals surface area contributed by atoms with Crippen LogP contribution < -0.4 is 14.8 Å². The first-order valence-corrected chi connectivity index (χ1v) is 9.09. The highest BCUT2D eigenvalue weighted by Crippen LogP contribution is 2.43. The fourth-order valence-electron chi connectivity index (χ4n) is 3.79. The van der Waals surface area contributed by atoms with Crippen molar-refractivity contribution in [2.24, 2.45) is 0 Å². The lowest BCUT2D eigenvalue weighted by molar-refractivity contribution is -0.126. The normalized spacial score (nSPS) is 15.5. The van der Waals surface area contributed by atoms with Crippen molar-refractivity contribution in [2.75, 3.05) is 20.8 Å². The second kappa shape index (κ2) is 8.21. The molecule has 1 aromatic carbocycles. The maximum atomic E-state index is 13.1. The van der Waals surface area contributed by atoms with Crippen molar-refractivity contribution in [1.29, 1.82) is 0 Å². The molecule has 1 fully saturated rings. The number of aromatic nitrogens is 1. The second-order valence-corrected chi connectivity index (χ2v) is 6.73. The molecule has 1 heterocycles. The van der Waals surface area contributed by atoms with Crippen LogP contribution in [-0.2, 0) is 16.6 Å². The van der Waals surface area contributed by atoms with Gasteiger partial charge in [-0.25, -0.2) is 0 Å². The molecule has 0 unspecified atom stereocenters. The molecule has 26 heavy (non-hydrogen) atoms. The highest BCUT2D eigenvalue weighted by molar-refractivity contribution is 5.88. The van der Waals surface area contributed by atoms with Gasteiger partial charge in [-0.1, -0.05) is 25.0 Å². The van der Waals surface area contributed by atoms with E-state index in [0.717, 1.165) is 43.2 Å². The molecule has 1 aliphatic carbocycles. The second-order valence-electron chi connectivity index (χ2n) is 6.73. The summed E-state index contributed by atoms with van der Waals surface area (Å²) in [6.45, 7) is 0.611. The summed E-state index contributed by atoms with van der Waals surface area (Å²) < 4.78 is 10.8. The lowest BCUT2D eigenvalue weighted by Crippen LogP contribution is -2.43. The Labute approximate surface area is 154 Å². The van der Waals surface area contributed by atoms with Crippen LogP contribution in [0.2, 0.25) is 0 Å². The van der Waals surface area contributed by atoms with E-state index in [1.807, 2.05) is 36.5 Å². The number of ether oxygens (including phenoxy) is 2. The van der Waals surface area contributed by atoms with Gasteiger partial charge in [0.15, 0.2) is 11.5 Å². The summed E-state index contributed by atoms with van der Waals surface area (Å²) in [6, 6.07) is 9.77. The molecule has 1 N–H and O–H groups in total. The molecule has 1 aromatic heterocycles. The molecule has 1 aliphatic rings. The van der Waals surface area contributed by atoms with Gasteiger partial charge in [-0.2, -0.15) is 0 Å². The van der Waals surface area contributed by atoms with Gasteiger partial charge in [-0.3, -0.25) is 9.78 Å². The SMILES string of the molecule is COc1ccc(C2(C(=O)NCCc3cccnc3)CCCC2)cc1OC. The van der Waals surface area contributed by atoms with Gasteiger partial charge in [0.05, 0.1) is 19.6 Å². The zero-order valence-electron chi connectivity index (χ0n) is 15.5. The number of methoxy groups -OCH3 is 2. The van der Waals surface area contributed by atoms with Gasteiger partial charge in [0, 0.05) is 18.9 Å². The highest BCUT2D eigenvalue weighted by atomic mass is 16.5. The van der Waals surface area contributed by atoms with E-state index < -0.39 is 5.41 Å². The van der Waals surface area contributed by atoms with E-state index >= 15 is 0 Å². The van der Waals surface area contributed by atoms with E-state index in [-0.39, 0.29) is 5.91 Å². The fraction of sp³-hybridized carbons (Fsp3) is 0.429. The standard InChI is InChI=1S/C21H26N2O3/c1-25-18-8-7-17(14-19(18)26-2)21(10-3-4-11-21)20(24)23-13-9-16-6-5-12-22-15-16/h5-8,12,14-15H,3-4,9-11,13H2,1-2H3,(H,23,24). The van der Waals surface area contributed by atoms with Gasteiger partial charge in [0.2, 0.25) is 5.91 Å². The maximum Gasteiger partial charge on any atom is 0.230 e. The van der Waals surface area contributed by atoms with Crippen LogP contribution in [0.3, 0.4) is 0 Å². The number of nitrogens with zero attached hydrogens (tertiary/aromatic N) is 1. The van der Waals surface area contributed by atoms with Crippen LogP contribution in [0.4, 0.5) is 0 Å². The van der Waals surface area contributed by atoms with E-state index in [4.69, 9.17) is 9.47 Å². The molecule has 0 saturated heterocycles. The molecule has 1 saturated carbocycles. The Bertz CT molecular complexity index is 740. The van der Waals surface area contributed by atoms with Crippen LogP contribution >= 0.6 is 0 Å². The molecule has 0 atom stereocenters. The predicted molar refractivity (Wildman–Crippen MR) is 101 cm³/mol. The van der Waals surface area contributed by atoms with Gasteiger partial charge in [0.25, 0.3) is 0 Å². The zero-order valence-corrected chi connectivity index (χ0v) is 15.5. The van der Waals surface area contributed by atoms with Gasteiger partial charge in [-0.15, -0.1) is 0 Å². The van der Waals surface area contributed by atoms with Crippen molar-refractivity contribution < 1.29 is 14.3 Å². The van der Waals surface area contributed by atoms with Crippen LogP contribution in [0.15, 0.2) is 42.7 Å². The summed E-state index contributed by atoms with van der Waals surface area (Å²) >= 11 is 0. The summed E-state index contributed by atoms with van der Waals surface area (Å²) in [5, 5.41) is 3.14. The Hall–Kier alpha value is -2.56. The number of pyridine rings is 1. The molecule has 5 nitrogen and oxygen atoms in total. The van der Waals surface area contributed by atoms with Crippen molar-refractivity contribution in [3.63, 3.8) is 0 Å². The number of hydrogen-bond donors (Lipinski definition) is 1. The molecule has 0 spiro atoms. The predicted octanol–water partition coefficient (Wildman–Crippen LogP) is 3.27. The number of benzene rings is 1. The molecule has 138 valence electrons. The first-order chi connectivity index (χ1) is 12.7. The average molecular weight is 354 g/mol.